The maximum Gasteiger partial charge on any atom is 0.330 e. The monoisotopic (exact) mass is 782 g/mol. The van der Waals surface area contributed by atoms with Crippen molar-refractivity contribution in [2.75, 3.05) is 26.2 Å². The quantitative estimate of drug-likeness (QED) is 0.0716. The molecule has 1 unspecified atom stereocenters. The summed E-state index contributed by atoms with van der Waals surface area (Å²) in [4.78, 5) is 0. The molecule has 0 spiro atoms. The molecule has 0 fully saturated rings. The average Bonchev–Trinajstić information content (AvgIpc) is 3.04. The Kier molecular flexibility index (Phi) is 24.3. The van der Waals surface area contributed by atoms with Gasteiger partial charge in [-0.15, -0.1) is 0 Å². The van der Waals surface area contributed by atoms with E-state index in [4.69, 9.17) is 21.0 Å². The van der Waals surface area contributed by atoms with Crippen LogP contribution in [0, 0.1) is 45.3 Å². The van der Waals surface area contributed by atoms with Crippen molar-refractivity contribution in [2.45, 2.75) is 138 Å². The highest BCUT2D eigenvalue weighted by molar-refractivity contribution is 8.25. The molecule has 1 atom stereocenters. The minimum atomic E-state index is -5.65. The molecule has 50 heavy (non-hydrogen) atoms. The summed E-state index contributed by atoms with van der Waals surface area (Å²) in [7, 11) is -22.0. The maximum absolute atomic E-state index is 14.5. The van der Waals surface area contributed by atoms with Gasteiger partial charge in [0.05, 0.1) is 24.3 Å². The summed E-state index contributed by atoms with van der Waals surface area (Å²) in [6, 6.07) is 7.61. The molecule has 0 aliphatic heterocycles. The average molecular weight is 783 g/mol. The number of nitriles is 4. The topological polar surface area (TPSA) is 280 Å². The first-order chi connectivity index (χ1) is 23.7. The van der Waals surface area contributed by atoms with Gasteiger partial charge in [-0.1, -0.05) is 45.4 Å². The van der Waals surface area contributed by atoms with Crippen molar-refractivity contribution in [1.29, 1.82) is 21.0 Å². The fourth-order valence-electron chi connectivity index (χ4n) is 5.14. The zero-order valence-corrected chi connectivity index (χ0v) is 32.3. The van der Waals surface area contributed by atoms with Crippen molar-refractivity contribution < 1.29 is 33.7 Å². The lowest BCUT2D eigenvalue weighted by Gasteiger charge is -2.38. The molecule has 0 aromatic rings. The molecular formula is C30H54N8O8S4. The van der Waals surface area contributed by atoms with Crippen LogP contribution in [0.25, 0.3) is 0 Å². The molecule has 0 aliphatic carbocycles. The molecule has 0 heterocycles. The zero-order valence-electron chi connectivity index (χ0n) is 29.0. The van der Waals surface area contributed by atoms with Crippen molar-refractivity contribution in [3.8, 4) is 24.3 Å². The Morgan fingerprint density at radius 3 is 1.12 bits per heavy atom. The van der Waals surface area contributed by atoms with E-state index < -0.39 is 74.8 Å². The van der Waals surface area contributed by atoms with Crippen molar-refractivity contribution >= 4 is 40.1 Å². The van der Waals surface area contributed by atoms with E-state index in [0.717, 1.165) is 19.3 Å². The molecule has 0 saturated heterocycles. The highest BCUT2D eigenvalue weighted by Gasteiger charge is 2.72. The van der Waals surface area contributed by atoms with Crippen molar-refractivity contribution in [3.05, 3.63) is 0 Å². The lowest BCUT2D eigenvalue weighted by Crippen LogP contribution is -2.71. The smallest absolute Gasteiger partial charge is 0.215 e. The van der Waals surface area contributed by atoms with Gasteiger partial charge < -0.3 is 0 Å². The van der Waals surface area contributed by atoms with Gasteiger partial charge in [0.15, 0.2) is 0 Å². The second kappa shape index (κ2) is 25.5. The van der Waals surface area contributed by atoms with E-state index in [-0.39, 0.29) is 90.0 Å². The normalized spacial score (nSPS) is 13.1. The SMILES string of the molecule is CCCCCCCCC(C(S(=O)(=O)NCCCCC#N)(S(=O)(=O)NCCCCC#N)S(=O)(=O)NCCCCC#N)S(=O)(=O)NCCCCC#N. The number of unbranched alkanes of at least 4 members (excludes halogenated alkanes) is 13. The Labute approximate surface area is 300 Å². The van der Waals surface area contributed by atoms with Gasteiger partial charge in [-0.25, -0.2) is 52.6 Å². The number of nitrogens with zero attached hydrogens (tertiary/aromatic N) is 4. The Morgan fingerprint density at radius 1 is 0.460 bits per heavy atom. The first kappa shape index (κ1) is 47.6. The van der Waals surface area contributed by atoms with E-state index in [1.165, 1.54) is 0 Å². The molecular weight excluding hydrogens is 729 g/mol. The van der Waals surface area contributed by atoms with Crippen LogP contribution in [0.4, 0.5) is 0 Å². The third kappa shape index (κ3) is 15.5. The Balaban J connectivity index is 7.58. The maximum atomic E-state index is 14.5. The Bertz CT molecular complexity index is 1460. The van der Waals surface area contributed by atoms with Gasteiger partial charge in [-0.3, -0.25) is 0 Å². The molecule has 286 valence electrons. The van der Waals surface area contributed by atoms with E-state index >= 15 is 0 Å². The third-order valence-corrected chi connectivity index (χ3v) is 18.9. The predicted octanol–water partition coefficient (Wildman–Crippen LogP) is 3.21. The van der Waals surface area contributed by atoms with Crippen LogP contribution in [-0.4, -0.2) is 68.5 Å². The Morgan fingerprint density at radius 2 is 0.780 bits per heavy atom. The minimum Gasteiger partial charge on any atom is -0.215 e. The van der Waals surface area contributed by atoms with Gasteiger partial charge in [0.25, 0.3) is 30.1 Å². The van der Waals surface area contributed by atoms with Crippen LogP contribution in [-0.2, 0) is 40.1 Å². The molecule has 0 amide bonds. The predicted molar refractivity (Wildman–Crippen MR) is 190 cm³/mol. The second-order valence-electron chi connectivity index (χ2n) is 11.7. The molecule has 0 radical (unpaired) electrons. The first-order valence-corrected chi connectivity index (χ1v) is 23.1. The van der Waals surface area contributed by atoms with E-state index in [0.29, 0.717) is 12.8 Å². The number of sulfonamides is 4. The summed E-state index contributed by atoms with van der Waals surface area (Å²) >= 11 is 0. The molecule has 0 rings (SSSR count). The van der Waals surface area contributed by atoms with E-state index in [1.54, 1.807) is 0 Å². The highest BCUT2D eigenvalue weighted by atomic mass is 32.3. The largest absolute Gasteiger partial charge is 0.330 e. The number of rotatable bonds is 32. The van der Waals surface area contributed by atoms with E-state index in [1.807, 2.05) is 31.2 Å². The number of nitrogens with one attached hydrogen (secondary N) is 4. The van der Waals surface area contributed by atoms with Crippen LogP contribution < -0.4 is 18.9 Å². The molecule has 20 heteroatoms. The summed E-state index contributed by atoms with van der Waals surface area (Å²) in [5.74, 6) is 0. The van der Waals surface area contributed by atoms with Crippen LogP contribution in [0.3, 0.4) is 0 Å². The fourth-order valence-corrected chi connectivity index (χ4v) is 16.7. The van der Waals surface area contributed by atoms with Crippen molar-refractivity contribution in [2.24, 2.45) is 0 Å². The minimum absolute atomic E-state index is 0.0153. The van der Waals surface area contributed by atoms with Crippen LogP contribution in [0.2, 0.25) is 0 Å². The van der Waals surface area contributed by atoms with Crippen molar-refractivity contribution in [3.63, 3.8) is 0 Å². The van der Waals surface area contributed by atoms with Crippen LogP contribution in [0.5, 0.6) is 0 Å². The standard InChI is InChI=1S/C30H54N8O8S4/c1-2-3-4-5-6-11-20-29(47(39,40)35-25-16-7-12-21-31)30(48(41,42)36-26-17-8-13-22-32,49(43,44)37-27-18-9-14-23-33)50(45,46)38-28-19-10-15-24-34/h29,35-38H,2-20,25-28H2,1H3. The van der Waals surface area contributed by atoms with Crippen LogP contribution in [0.15, 0.2) is 0 Å². The molecule has 0 saturated carbocycles. The number of hydrogen-bond donors (Lipinski definition) is 4. The van der Waals surface area contributed by atoms with Gasteiger partial charge in [0.1, 0.15) is 5.25 Å². The Hall–Kier alpha value is -2.40. The van der Waals surface area contributed by atoms with E-state index in [2.05, 4.69) is 18.9 Å². The van der Waals surface area contributed by atoms with Crippen LogP contribution >= 0.6 is 0 Å². The summed E-state index contributed by atoms with van der Waals surface area (Å²) in [5.41, 5.74) is 0. The molecule has 16 nitrogen and oxygen atoms in total. The van der Waals surface area contributed by atoms with Gasteiger partial charge in [0, 0.05) is 51.9 Å². The summed E-state index contributed by atoms with van der Waals surface area (Å²) < 4.78 is 120. The van der Waals surface area contributed by atoms with Crippen molar-refractivity contribution in [1.82, 2.24) is 18.9 Å². The van der Waals surface area contributed by atoms with Crippen LogP contribution in [0.1, 0.15) is 129 Å². The second-order valence-corrected chi connectivity index (χ2v) is 20.3. The third-order valence-electron chi connectivity index (χ3n) is 7.75. The molecule has 0 bridgehead atoms. The van der Waals surface area contributed by atoms with E-state index in [9.17, 15) is 33.7 Å². The molecule has 0 aromatic heterocycles. The fraction of sp³-hybridized carbons (Fsp3) is 0.867. The summed E-state index contributed by atoms with van der Waals surface area (Å²) in [6.07, 6.45) is 4.22. The molecule has 0 aromatic carbocycles. The van der Waals surface area contributed by atoms with Gasteiger partial charge in [-0.2, -0.15) is 21.0 Å². The molecule has 4 N–H and O–H groups in total. The highest BCUT2D eigenvalue weighted by Crippen LogP contribution is 2.40. The molecule has 0 aliphatic rings. The van der Waals surface area contributed by atoms with Gasteiger partial charge in [-0.05, 0) is 57.8 Å². The lowest BCUT2D eigenvalue weighted by atomic mass is 10.1. The lowest BCUT2D eigenvalue weighted by molar-refractivity contribution is 0.489. The van der Waals surface area contributed by atoms with Gasteiger partial charge in [0.2, 0.25) is 10.0 Å². The number of hydrogen-bond acceptors (Lipinski definition) is 12. The summed E-state index contributed by atoms with van der Waals surface area (Å²) in [6.45, 7) is 0.247. The zero-order chi connectivity index (χ0) is 38.0. The van der Waals surface area contributed by atoms with Gasteiger partial charge >= 0.3 is 3.41 Å². The summed E-state index contributed by atoms with van der Waals surface area (Å²) in [5, 5.41) is 32.9. The first-order valence-electron chi connectivity index (χ1n) is 17.1.